The molecular weight excluding hydrogens is 740 g/mol. The fourth-order valence-electron chi connectivity index (χ4n) is 7.05. The van der Waals surface area contributed by atoms with Crippen molar-refractivity contribution < 1.29 is 20.1 Å². The Kier molecular flexibility index (Phi) is 12.5. The van der Waals surface area contributed by atoms with E-state index in [0.717, 1.165) is 70.7 Å². The highest BCUT2D eigenvalue weighted by Crippen LogP contribution is 2.34. The Labute approximate surface area is 339 Å². The molecule has 4 aromatic carbocycles. The van der Waals surface area contributed by atoms with Gasteiger partial charge < -0.3 is 35.3 Å². The molecule has 2 fully saturated rings. The van der Waals surface area contributed by atoms with Gasteiger partial charge in [-0.05, 0) is 78.9 Å². The zero-order valence-corrected chi connectivity index (χ0v) is 33.9. The number of aromatic hydroxyl groups is 2. The van der Waals surface area contributed by atoms with Crippen LogP contribution in [-0.4, -0.2) is 105 Å². The number of aryl methyl sites for hydroxylation is 2. The molecule has 12 nitrogen and oxygen atoms in total. The van der Waals surface area contributed by atoms with Crippen molar-refractivity contribution in [1.82, 2.24) is 30.2 Å². The van der Waals surface area contributed by atoms with Gasteiger partial charge in [0.2, 0.25) is 0 Å². The highest BCUT2D eigenvalue weighted by atomic mass is 35.5. The SMILES string of the molecule is Cc1ccc2c(N3CCN(C(=O)[C@@H](O)C(C)(C)C)CC3)nc(-c3ccccc3O)nc2c1.Cc1ccc2c(N3CCNCC3)nc(-c3ccccc3O)nc2c1.Cl. The van der Waals surface area contributed by atoms with E-state index >= 15 is 0 Å². The maximum Gasteiger partial charge on any atom is 0.252 e. The maximum absolute atomic E-state index is 12.7. The number of rotatable bonds is 5. The standard InChI is InChI=1S/C25H30N4O3.C19H20N4O.ClH/c1-16-9-10-17-19(15-16)26-22(18-7-5-6-8-20(18)30)27-23(17)28-11-13-29(14-12-28)24(32)21(31)25(2,3)4;1-13-6-7-14-16(12-13)21-18(15-4-2-3-5-17(15)24)22-19(14)23-10-8-20-9-11-23;/h5-10,15,21,30-31H,11-14H2,1-4H3;2-7,12,20,24H,8-11H2,1H3;1H/t21-;;/m1../s1. The third-order valence-electron chi connectivity index (χ3n) is 10.3. The van der Waals surface area contributed by atoms with Gasteiger partial charge in [0.05, 0.1) is 22.2 Å². The van der Waals surface area contributed by atoms with Crippen molar-refractivity contribution in [3.8, 4) is 34.3 Å². The number of aliphatic hydroxyl groups excluding tert-OH is 1. The van der Waals surface area contributed by atoms with Gasteiger partial charge in [0.1, 0.15) is 29.2 Å². The molecule has 1 atom stereocenters. The van der Waals surface area contributed by atoms with Crippen LogP contribution in [0.4, 0.5) is 11.6 Å². The maximum atomic E-state index is 12.7. The number of benzene rings is 4. The van der Waals surface area contributed by atoms with Crippen LogP contribution in [0.1, 0.15) is 31.9 Å². The van der Waals surface area contributed by atoms with E-state index in [1.165, 1.54) is 0 Å². The number of amides is 1. The van der Waals surface area contributed by atoms with Crippen LogP contribution in [0.2, 0.25) is 0 Å². The Morgan fingerprint density at radius 2 is 1.09 bits per heavy atom. The lowest BCUT2D eigenvalue weighted by atomic mass is 9.88. The normalized spacial score (nSPS) is 15.2. The van der Waals surface area contributed by atoms with Gasteiger partial charge in [-0.1, -0.05) is 57.2 Å². The number of anilines is 2. The second-order valence-corrected chi connectivity index (χ2v) is 15.6. The summed E-state index contributed by atoms with van der Waals surface area (Å²) in [5.74, 6) is 2.89. The number of nitrogens with zero attached hydrogens (tertiary/aromatic N) is 7. The third-order valence-corrected chi connectivity index (χ3v) is 10.3. The van der Waals surface area contributed by atoms with Crippen LogP contribution >= 0.6 is 12.4 Å². The molecule has 6 aromatic rings. The minimum atomic E-state index is -1.02. The van der Waals surface area contributed by atoms with Crippen LogP contribution in [0.15, 0.2) is 84.9 Å². The largest absolute Gasteiger partial charge is 0.507 e. The number of aromatic nitrogens is 4. The van der Waals surface area contributed by atoms with Crippen LogP contribution in [0.3, 0.4) is 0 Å². The second-order valence-electron chi connectivity index (χ2n) is 15.6. The van der Waals surface area contributed by atoms with Gasteiger partial charge in [-0.3, -0.25) is 4.79 Å². The summed E-state index contributed by atoms with van der Waals surface area (Å²) in [6.45, 7) is 15.6. The Hall–Kier alpha value is -5.56. The number of nitrogens with one attached hydrogen (secondary N) is 1. The van der Waals surface area contributed by atoms with E-state index in [1.54, 1.807) is 35.2 Å². The van der Waals surface area contributed by atoms with Crippen LogP contribution in [0, 0.1) is 19.3 Å². The van der Waals surface area contributed by atoms with E-state index in [9.17, 15) is 20.1 Å². The highest BCUT2D eigenvalue weighted by Gasteiger charge is 2.34. The summed E-state index contributed by atoms with van der Waals surface area (Å²) < 4.78 is 0. The third kappa shape index (κ3) is 9.04. The molecule has 0 radical (unpaired) electrons. The molecule has 57 heavy (non-hydrogen) atoms. The van der Waals surface area contributed by atoms with Crippen LogP contribution < -0.4 is 15.1 Å². The average Bonchev–Trinajstić information content (AvgIpc) is 3.20. The molecular formula is C44H51ClN8O4. The summed E-state index contributed by atoms with van der Waals surface area (Å²) in [4.78, 5) is 38.0. The lowest BCUT2D eigenvalue weighted by Crippen LogP contribution is -2.53. The van der Waals surface area contributed by atoms with Gasteiger partial charge in [0.15, 0.2) is 11.6 Å². The predicted molar refractivity (Wildman–Crippen MR) is 229 cm³/mol. The lowest BCUT2D eigenvalue weighted by molar-refractivity contribution is -0.146. The highest BCUT2D eigenvalue weighted by molar-refractivity contribution is 5.93. The number of piperazine rings is 2. The van der Waals surface area contributed by atoms with Crippen molar-refractivity contribution >= 4 is 51.8 Å². The zero-order valence-electron chi connectivity index (χ0n) is 33.1. The van der Waals surface area contributed by atoms with Crippen LogP contribution in [-0.2, 0) is 4.79 Å². The van der Waals surface area contributed by atoms with Crippen molar-refractivity contribution in [2.24, 2.45) is 5.41 Å². The van der Waals surface area contributed by atoms with Crippen molar-refractivity contribution in [1.29, 1.82) is 0 Å². The van der Waals surface area contributed by atoms with Gasteiger partial charge >= 0.3 is 0 Å². The number of hydrogen-bond acceptors (Lipinski definition) is 11. The number of hydrogen-bond donors (Lipinski definition) is 4. The number of para-hydroxylation sites is 2. The number of aliphatic hydroxyl groups is 1. The number of phenolic OH excluding ortho intramolecular Hbond substituents is 2. The van der Waals surface area contributed by atoms with E-state index < -0.39 is 11.5 Å². The summed E-state index contributed by atoms with van der Waals surface area (Å²) in [5, 5.41) is 36.3. The van der Waals surface area contributed by atoms with Gasteiger partial charge in [0.25, 0.3) is 5.91 Å². The first-order valence-electron chi connectivity index (χ1n) is 19.2. The Morgan fingerprint density at radius 1 is 0.649 bits per heavy atom. The Morgan fingerprint density at radius 3 is 1.53 bits per heavy atom. The molecule has 0 unspecified atom stereocenters. The molecule has 298 valence electrons. The first-order valence-corrected chi connectivity index (χ1v) is 19.2. The minimum Gasteiger partial charge on any atom is -0.507 e. The van der Waals surface area contributed by atoms with Gasteiger partial charge in [-0.2, -0.15) is 0 Å². The fourth-order valence-corrected chi connectivity index (χ4v) is 7.05. The van der Waals surface area contributed by atoms with Crippen molar-refractivity contribution in [2.45, 2.75) is 40.7 Å². The van der Waals surface area contributed by atoms with E-state index in [2.05, 4.69) is 40.2 Å². The molecule has 13 heteroatoms. The first kappa shape index (κ1) is 41.1. The number of fused-ring (bicyclic) bond motifs is 2. The quantitative estimate of drug-likeness (QED) is 0.151. The summed E-state index contributed by atoms with van der Waals surface area (Å²) in [5.41, 5.74) is 4.73. The molecule has 2 saturated heterocycles. The van der Waals surface area contributed by atoms with E-state index in [-0.39, 0.29) is 29.8 Å². The minimum absolute atomic E-state index is 0. The van der Waals surface area contributed by atoms with Gasteiger partial charge in [-0.25, -0.2) is 19.9 Å². The molecule has 2 aliphatic rings. The number of phenols is 2. The van der Waals surface area contributed by atoms with E-state index in [0.29, 0.717) is 49.0 Å². The molecule has 0 saturated carbocycles. The predicted octanol–water partition coefficient (Wildman–Crippen LogP) is 6.51. The zero-order chi connectivity index (χ0) is 39.6. The van der Waals surface area contributed by atoms with E-state index in [4.69, 9.17) is 19.9 Å². The average molecular weight is 791 g/mol. The Bertz CT molecular complexity index is 2370. The number of carbonyl (C=O) groups is 1. The van der Waals surface area contributed by atoms with Gasteiger partial charge in [0, 0.05) is 63.1 Å². The molecule has 8 rings (SSSR count). The molecule has 0 spiro atoms. The topological polar surface area (TPSA) is 151 Å². The summed E-state index contributed by atoms with van der Waals surface area (Å²) in [6.07, 6.45) is -1.02. The molecule has 0 bridgehead atoms. The molecule has 2 aliphatic heterocycles. The van der Waals surface area contributed by atoms with Crippen molar-refractivity contribution in [3.63, 3.8) is 0 Å². The second kappa shape index (κ2) is 17.3. The first-order chi connectivity index (χ1) is 26.9. The fraction of sp³-hybridized carbons (Fsp3) is 0.341. The summed E-state index contributed by atoms with van der Waals surface area (Å²) in [7, 11) is 0. The summed E-state index contributed by atoms with van der Waals surface area (Å²) >= 11 is 0. The molecule has 2 aromatic heterocycles. The van der Waals surface area contributed by atoms with Crippen molar-refractivity contribution in [2.75, 3.05) is 62.2 Å². The van der Waals surface area contributed by atoms with E-state index in [1.807, 2.05) is 64.1 Å². The van der Waals surface area contributed by atoms with Gasteiger partial charge in [-0.15, -0.1) is 12.4 Å². The Balaban J connectivity index is 0.000000196. The van der Waals surface area contributed by atoms with Crippen molar-refractivity contribution in [3.05, 3.63) is 96.1 Å². The number of carbonyl (C=O) groups excluding carboxylic acids is 1. The smallest absolute Gasteiger partial charge is 0.252 e. The number of halogens is 1. The monoisotopic (exact) mass is 790 g/mol. The molecule has 0 aliphatic carbocycles. The van der Waals surface area contributed by atoms with Crippen LogP contribution in [0.25, 0.3) is 44.6 Å². The molecule has 1 amide bonds. The molecule has 4 N–H and O–H groups in total. The van der Waals surface area contributed by atoms with Crippen LogP contribution in [0.5, 0.6) is 11.5 Å². The molecule has 4 heterocycles. The summed E-state index contributed by atoms with van der Waals surface area (Å²) in [6, 6.07) is 26.6. The lowest BCUT2D eigenvalue weighted by Gasteiger charge is -2.38.